The van der Waals surface area contributed by atoms with Gasteiger partial charge >= 0.3 is 0 Å². The van der Waals surface area contributed by atoms with Gasteiger partial charge in [0.05, 0.1) is 6.04 Å². The van der Waals surface area contributed by atoms with E-state index in [1.807, 2.05) is 0 Å². The first-order valence-electron chi connectivity index (χ1n) is 5.69. The number of hydrazine groups is 1. The molecule has 1 aliphatic heterocycles. The molecule has 2 heteroatoms. The lowest BCUT2D eigenvalue weighted by molar-refractivity contribution is 0.0374. The Morgan fingerprint density at radius 1 is 1.43 bits per heavy atom. The summed E-state index contributed by atoms with van der Waals surface area (Å²) < 4.78 is 0. The first-order valence-corrected chi connectivity index (χ1v) is 5.69. The second-order valence-corrected chi connectivity index (χ2v) is 4.29. The van der Waals surface area contributed by atoms with Gasteiger partial charge in [-0.2, -0.15) is 0 Å². The Kier molecular flexibility index (Phi) is 4.44. The highest BCUT2D eigenvalue weighted by molar-refractivity contribution is 4.98. The molecule has 1 rings (SSSR count). The summed E-state index contributed by atoms with van der Waals surface area (Å²) in [6.45, 7) is 6.66. The van der Waals surface area contributed by atoms with Crippen molar-refractivity contribution < 1.29 is 0 Å². The fourth-order valence-electron chi connectivity index (χ4n) is 2.10. The van der Waals surface area contributed by atoms with Crippen molar-refractivity contribution in [3.8, 4) is 12.3 Å². The molecular weight excluding hydrogens is 172 g/mol. The van der Waals surface area contributed by atoms with Crippen LogP contribution in [-0.4, -0.2) is 23.1 Å². The summed E-state index contributed by atoms with van der Waals surface area (Å²) in [6, 6.07) is 1.42. The molecule has 0 aromatic rings. The van der Waals surface area contributed by atoms with Gasteiger partial charge < -0.3 is 0 Å². The quantitative estimate of drug-likeness (QED) is 0.693. The zero-order valence-electron chi connectivity index (χ0n) is 9.59. The van der Waals surface area contributed by atoms with Crippen molar-refractivity contribution in [1.29, 1.82) is 0 Å². The van der Waals surface area contributed by atoms with Gasteiger partial charge in [0.2, 0.25) is 0 Å². The van der Waals surface area contributed by atoms with Crippen LogP contribution in [0.2, 0.25) is 0 Å². The number of hydrogen-bond acceptors (Lipinski definition) is 2. The van der Waals surface area contributed by atoms with Crippen LogP contribution in [0.5, 0.6) is 0 Å². The molecule has 0 aromatic heterocycles. The van der Waals surface area contributed by atoms with Gasteiger partial charge in [-0.05, 0) is 33.1 Å². The van der Waals surface area contributed by atoms with Gasteiger partial charge in [-0.25, -0.2) is 10.4 Å². The molecule has 1 aliphatic rings. The normalized spacial score (nSPS) is 31.0. The van der Waals surface area contributed by atoms with E-state index < -0.39 is 0 Å². The van der Waals surface area contributed by atoms with Gasteiger partial charge in [-0.1, -0.05) is 19.3 Å². The third-order valence-corrected chi connectivity index (χ3v) is 3.11. The average molecular weight is 194 g/mol. The lowest BCUT2D eigenvalue weighted by Crippen LogP contribution is -2.55. The van der Waals surface area contributed by atoms with Crippen LogP contribution in [0, 0.1) is 12.3 Å². The molecule has 0 aliphatic carbocycles. The number of piperidine rings is 1. The highest BCUT2D eigenvalue weighted by atomic mass is 15.5. The molecule has 3 unspecified atom stereocenters. The summed E-state index contributed by atoms with van der Waals surface area (Å²) in [5.74, 6) is 2.79. The van der Waals surface area contributed by atoms with Gasteiger partial charge in [0.1, 0.15) is 0 Å². The minimum absolute atomic E-state index is 0.193. The molecular formula is C12H22N2. The maximum absolute atomic E-state index is 5.45. The number of rotatable bonds is 3. The van der Waals surface area contributed by atoms with Crippen LogP contribution >= 0.6 is 0 Å². The van der Waals surface area contributed by atoms with Gasteiger partial charge in [0.25, 0.3) is 0 Å². The molecule has 0 bridgehead atoms. The standard InChI is InChI=1S/C12H22N2/c1-5-12(6-2)13-14-10(3)8-7-9-11(14)4/h1,10-13H,6-9H2,2-4H3. The smallest absolute Gasteiger partial charge is 0.0817 e. The second-order valence-electron chi connectivity index (χ2n) is 4.29. The molecule has 0 spiro atoms. The number of terminal acetylenes is 1. The first kappa shape index (κ1) is 11.6. The summed E-state index contributed by atoms with van der Waals surface area (Å²) >= 11 is 0. The largest absolute Gasteiger partial charge is 0.240 e. The van der Waals surface area contributed by atoms with E-state index >= 15 is 0 Å². The van der Waals surface area contributed by atoms with Gasteiger partial charge in [0, 0.05) is 12.1 Å². The van der Waals surface area contributed by atoms with E-state index in [4.69, 9.17) is 6.42 Å². The number of nitrogens with zero attached hydrogens (tertiary/aromatic N) is 1. The van der Waals surface area contributed by atoms with Gasteiger partial charge in [-0.15, -0.1) is 6.42 Å². The summed E-state index contributed by atoms with van der Waals surface area (Å²) in [7, 11) is 0. The van der Waals surface area contributed by atoms with E-state index in [-0.39, 0.29) is 6.04 Å². The Labute approximate surface area is 88.0 Å². The molecule has 14 heavy (non-hydrogen) atoms. The molecule has 0 saturated carbocycles. The molecule has 0 radical (unpaired) electrons. The van der Waals surface area contributed by atoms with Crippen molar-refractivity contribution in [3.05, 3.63) is 0 Å². The zero-order valence-corrected chi connectivity index (χ0v) is 9.59. The zero-order chi connectivity index (χ0) is 10.6. The van der Waals surface area contributed by atoms with E-state index in [9.17, 15) is 0 Å². The SMILES string of the molecule is C#CC(CC)NN1C(C)CCCC1C. The lowest BCUT2D eigenvalue weighted by atomic mass is 9.99. The van der Waals surface area contributed by atoms with E-state index in [0.29, 0.717) is 12.1 Å². The Balaban J connectivity index is 2.51. The van der Waals surface area contributed by atoms with Crippen molar-refractivity contribution in [2.24, 2.45) is 0 Å². The van der Waals surface area contributed by atoms with E-state index in [1.54, 1.807) is 0 Å². The van der Waals surface area contributed by atoms with E-state index in [1.165, 1.54) is 19.3 Å². The number of nitrogens with one attached hydrogen (secondary N) is 1. The van der Waals surface area contributed by atoms with Crippen molar-refractivity contribution in [2.75, 3.05) is 0 Å². The Morgan fingerprint density at radius 2 is 2.00 bits per heavy atom. The predicted octanol–water partition coefficient (Wildman–Crippen LogP) is 2.17. The minimum atomic E-state index is 0.193. The maximum atomic E-state index is 5.45. The fourth-order valence-corrected chi connectivity index (χ4v) is 2.10. The van der Waals surface area contributed by atoms with Crippen LogP contribution in [0.4, 0.5) is 0 Å². The van der Waals surface area contributed by atoms with E-state index in [2.05, 4.69) is 37.1 Å². The van der Waals surface area contributed by atoms with Crippen LogP contribution < -0.4 is 5.43 Å². The molecule has 80 valence electrons. The van der Waals surface area contributed by atoms with E-state index in [0.717, 1.165) is 6.42 Å². The van der Waals surface area contributed by atoms with Crippen LogP contribution in [-0.2, 0) is 0 Å². The second kappa shape index (κ2) is 5.38. The molecule has 0 aromatic carbocycles. The fraction of sp³-hybridized carbons (Fsp3) is 0.833. The van der Waals surface area contributed by atoms with Crippen molar-refractivity contribution in [1.82, 2.24) is 10.4 Å². The molecule has 0 amide bonds. The maximum Gasteiger partial charge on any atom is 0.0817 e. The van der Waals surface area contributed by atoms with Crippen LogP contribution in [0.15, 0.2) is 0 Å². The molecule has 1 saturated heterocycles. The summed E-state index contributed by atoms with van der Waals surface area (Å²) in [4.78, 5) is 0. The Morgan fingerprint density at radius 3 is 2.43 bits per heavy atom. The van der Waals surface area contributed by atoms with Crippen molar-refractivity contribution >= 4 is 0 Å². The monoisotopic (exact) mass is 194 g/mol. The first-order chi connectivity index (χ1) is 6.69. The minimum Gasteiger partial charge on any atom is -0.240 e. The lowest BCUT2D eigenvalue weighted by Gasteiger charge is -2.40. The highest BCUT2D eigenvalue weighted by Gasteiger charge is 2.25. The summed E-state index contributed by atoms with van der Waals surface area (Å²) in [5.41, 5.74) is 3.45. The third-order valence-electron chi connectivity index (χ3n) is 3.11. The third kappa shape index (κ3) is 2.73. The topological polar surface area (TPSA) is 15.3 Å². The number of hydrogen-bond donors (Lipinski definition) is 1. The van der Waals surface area contributed by atoms with Crippen LogP contribution in [0.25, 0.3) is 0 Å². The van der Waals surface area contributed by atoms with Crippen LogP contribution in [0.3, 0.4) is 0 Å². The predicted molar refractivity (Wildman–Crippen MR) is 60.7 cm³/mol. The summed E-state index contributed by atoms with van der Waals surface area (Å²) in [6.07, 6.45) is 10.3. The molecule has 3 atom stereocenters. The highest BCUT2D eigenvalue weighted by Crippen LogP contribution is 2.20. The van der Waals surface area contributed by atoms with Gasteiger partial charge in [-0.3, -0.25) is 0 Å². The molecule has 1 heterocycles. The van der Waals surface area contributed by atoms with Gasteiger partial charge in [0.15, 0.2) is 0 Å². The van der Waals surface area contributed by atoms with Crippen molar-refractivity contribution in [3.63, 3.8) is 0 Å². The Bertz CT molecular complexity index is 197. The van der Waals surface area contributed by atoms with Crippen LogP contribution in [0.1, 0.15) is 46.5 Å². The molecule has 2 nitrogen and oxygen atoms in total. The Hall–Kier alpha value is -0.520. The average Bonchev–Trinajstić information content (AvgIpc) is 2.18. The molecule has 1 N–H and O–H groups in total. The van der Waals surface area contributed by atoms with Crippen molar-refractivity contribution in [2.45, 2.75) is 64.6 Å². The molecule has 1 fully saturated rings. The summed E-state index contributed by atoms with van der Waals surface area (Å²) in [5, 5.41) is 2.34.